The van der Waals surface area contributed by atoms with Gasteiger partial charge in [0.15, 0.2) is 0 Å². The second-order valence-electron chi connectivity index (χ2n) is 6.02. The molecular weight excluding hydrogens is 270 g/mol. The third kappa shape index (κ3) is 6.46. The predicted molar refractivity (Wildman–Crippen MR) is 82.8 cm³/mol. The molecule has 124 valence electrons. The van der Waals surface area contributed by atoms with E-state index in [1.54, 1.807) is 0 Å². The minimum Gasteiger partial charge on any atom is -0.459 e. The fourth-order valence-electron chi connectivity index (χ4n) is 1.69. The average Bonchev–Trinajstić information content (AvgIpc) is 2.46. The van der Waals surface area contributed by atoms with E-state index in [4.69, 9.17) is 15.2 Å². The van der Waals surface area contributed by atoms with Crippen molar-refractivity contribution in [2.24, 2.45) is 5.73 Å². The van der Waals surface area contributed by atoms with Gasteiger partial charge >= 0.3 is 11.9 Å². The van der Waals surface area contributed by atoms with Gasteiger partial charge in [0, 0.05) is 0 Å². The van der Waals surface area contributed by atoms with Crippen LogP contribution in [0.3, 0.4) is 0 Å². The van der Waals surface area contributed by atoms with Gasteiger partial charge in [-0.25, -0.2) is 0 Å². The molecule has 0 amide bonds. The van der Waals surface area contributed by atoms with E-state index >= 15 is 0 Å². The summed E-state index contributed by atoms with van der Waals surface area (Å²) in [6.45, 7) is 11.5. The lowest BCUT2D eigenvalue weighted by Gasteiger charge is -2.29. The van der Waals surface area contributed by atoms with Gasteiger partial charge in [-0.2, -0.15) is 0 Å². The van der Waals surface area contributed by atoms with Crippen LogP contribution in [0.2, 0.25) is 0 Å². The maximum atomic E-state index is 12.0. The number of nitrogens with two attached hydrogens (primary N) is 1. The number of ether oxygens (including phenoxy) is 2. The van der Waals surface area contributed by atoms with Crippen molar-refractivity contribution >= 4 is 11.9 Å². The van der Waals surface area contributed by atoms with Crippen LogP contribution in [0.15, 0.2) is 0 Å². The van der Waals surface area contributed by atoms with Crippen molar-refractivity contribution in [3.05, 3.63) is 0 Å². The van der Waals surface area contributed by atoms with E-state index in [1.807, 2.05) is 41.5 Å². The molecule has 0 fully saturated rings. The van der Waals surface area contributed by atoms with Crippen molar-refractivity contribution in [2.45, 2.75) is 90.9 Å². The Morgan fingerprint density at radius 3 is 1.67 bits per heavy atom. The molecule has 2 N–H and O–H groups in total. The Labute approximate surface area is 128 Å². The van der Waals surface area contributed by atoms with Crippen molar-refractivity contribution < 1.29 is 19.1 Å². The molecule has 0 aliphatic heterocycles. The quantitative estimate of drug-likeness (QED) is 0.662. The molecule has 0 bridgehead atoms. The number of rotatable bonds is 9. The third-order valence-electron chi connectivity index (χ3n) is 4.39. The SMILES string of the molecule is CCC(C)(CC)OC(=O)CC(N)C(=O)OC(C)(CC)CC. The van der Waals surface area contributed by atoms with Crippen molar-refractivity contribution in [1.82, 2.24) is 0 Å². The first-order chi connectivity index (χ1) is 9.65. The first-order valence-electron chi connectivity index (χ1n) is 7.85. The minimum atomic E-state index is -0.979. The summed E-state index contributed by atoms with van der Waals surface area (Å²) in [4.78, 5) is 23.8. The molecule has 0 aliphatic carbocycles. The van der Waals surface area contributed by atoms with E-state index in [-0.39, 0.29) is 6.42 Å². The Bertz CT molecular complexity index is 346. The van der Waals surface area contributed by atoms with Crippen molar-refractivity contribution in [3.63, 3.8) is 0 Å². The summed E-state index contributed by atoms with van der Waals surface area (Å²) in [5.74, 6) is -1.01. The molecule has 0 aromatic carbocycles. The highest BCUT2D eigenvalue weighted by atomic mass is 16.6. The van der Waals surface area contributed by atoms with Crippen LogP contribution in [-0.4, -0.2) is 29.2 Å². The van der Waals surface area contributed by atoms with Gasteiger partial charge in [0.05, 0.1) is 6.42 Å². The molecule has 0 heterocycles. The van der Waals surface area contributed by atoms with Crippen molar-refractivity contribution in [3.8, 4) is 0 Å². The zero-order valence-electron chi connectivity index (χ0n) is 14.3. The van der Waals surface area contributed by atoms with Crippen LogP contribution in [-0.2, 0) is 19.1 Å². The maximum absolute atomic E-state index is 12.0. The number of esters is 2. The minimum absolute atomic E-state index is 0.155. The molecule has 21 heavy (non-hydrogen) atoms. The highest BCUT2D eigenvalue weighted by Gasteiger charge is 2.31. The fraction of sp³-hybridized carbons (Fsp3) is 0.875. The Morgan fingerprint density at radius 1 is 0.905 bits per heavy atom. The predicted octanol–water partition coefficient (Wildman–Crippen LogP) is 2.95. The van der Waals surface area contributed by atoms with Crippen LogP contribution in [0, 0.1) is 0 Å². The van der Waals surface area contributed by atoms with E-state index in [1.165, 1.54) is 0 Å². The summed E-state index contributed by atoms with van der Waals surface area (Å²) < 4.78 is 10.8. The lowest BCUT2D eigenvalue weighted by molar-refractivity contribution is -0.167. The lowest BCUT2D eigenvalue weighted by atomic mass is 9.99. The number of hydrogen-bond donors (Lipinski definition) is 1. The Balaban J connectivity index is 4.51. The van der Waals surface area contributed by atoms with Crippen LogP contribution in [0.25, 0.3) is 0 Å². The van der Waals surface area contributed by atoms with Gasteiger partial charge in [0.2, 0.25) is 0 Å². The first kappa shape index (κ1) is 19.9. The summed E-state index contributed by atoms with van der Waals surface area (Å²) in [6, 6.07) is -0.979. The second-order valence-corrected chi connectivity index (χ2v) is 6.02. The maximum Gasteiger partial charge on any atom is 0.324 e. The number of hydrogen-bond acceptors (Lipinski definition) is 5. The number of carbonyl (C=O) groups is 2. The van der Waals surface area contributed by atoms with Gasteiger partial charge < -0.3 is 15.2 Å². The summed E-state index contributed by atoms with van der Waals surface area (Å²) >= 11 is 0. The standard InChI is InChI=1S/C16H31NO4/c1-7-15(5,8-2)20-13(18)11-12(17)14(19)21-16(6,9-3)10-4/h12H,7-11,17H2,1-6H3. The van der Waals surface area contributed by atoms with Crippen LogP contribution in [0.4, 0.5) is 0 Å². The molecule has 0 spiro atoms. The van der Waals surface area contributed by atoms with Crippen LogP contribution in [0.5, 0.6) is 0 Å². The molecule has 0 radical (unpaired) electrons. The van der Waals surface area contributed by atoms with Gasteiger partial charge in [-0.05, 0) is 39.5 Å². The fourth-order valence-corrected chi connectivity index (χ4v) is 1.69. The van der Waals surface area contributed by atoms with Gasteiger partial charge in [-0.1, -0.05) is 27.7 Å². The summed E-state index contributed by atoms with van der Waals surface area (Å²) in [5.41, 5.74) is 4.74. The van der Waals surface area contributed by atoms with Gasteiger partial charge in [-0.15, -0.1) is 0 Å². The van der Waals surface area contributed by atoms with Crippen molar-refractivity contribution in [1.29, 1.82) is 0 Å². The highest BCUT2D eigenvalue weighted by molar-refractivity contribution is 5.82. The Kier molecular flexibility index (Phi) is 7.93. The molecule has 5 heteroatoms. The molecule has 1 atom stereocenters. The van der Waals surface area contributed by atoms with Gasteiger partial charge in [0.25, 0.3) is 0 Å². The van der Waals surface area contributed by atoms with Crippen LogP contribution >= 0.6 is 0 Å². The van der Waals surface area contributed by atoms with Gasteiger partial charge in [0.1, 0.15) is 17.2 Å². The molecule has 5 nitrogen and oxygen atoms in total. The third-order valence-corrected chi connectivity index (χ3v) is 4.39. The highest BCUT2D eigenvalue weighted by Crippen LogP contribution is 2.22. The zero-order valence-corrected chi connectivity index (χ0v) is 14.3. The summed E-state index contributed by atoms with van der Waals surface area (Å²) in [6.07, 6.45) is 2.70. The topological polar surface area (TPSA) is 78.6 Å². The van der Waals surface area contributed by atoms with Crippen LogP contribution < -0.4 is 5.73 Å². The van der Waals surface area contributed by atoms with E-state index in [0.29, 0.717) is 12.8 Å². The zero-order chi connectivity index (χ0) is 16.7. The lowest BCUT2D eigenvalue weighted by Crippen LogP contribution is -2.42. The second kappa shape index (κ2) is 8.37. The molecular formula is C16H31NO4. The average molecular weight is 301 g/mol. The monoisotopic (exact) mass is 301 g/mol. The van der Waals surface area contributed by atoms with E-state index in [2.05, 4.69) is 0 Å². The van der Waals surface area contributed by atoms with Crippen molar-refractivity contribution in [2.75, 3.05) is 0 Å². The molecule has 0 aromatic rings. The Morgan fingerprint density at radius 2 is 1.29 bits per heavy atom. The molecule has 1 unspecified atom stereocenters. The first-order valence-corrected chi connectivity index (χ1v) is 7.85. The largest absolute Gasteiger partial charge is 0.459 e. The Hall–Kier alpha value is -1.10. The molecule has 0 aromatic heterocycles. The smallest absolute Gasteiger partial charge is 0.324 e. The van der Waals surface area contributed by atoms with E-state index < -0.39 is 29.2 Å². The summed E-state index contributed by atoms with van der Waals surface area (Å²) in [5, 5.41) is 0. The number of carbonyl (C=O) groups excluding carboxylic acids is 2. The molecule has 0 aliphatic rings. The van der Waals surface area contributed by atoms with E-state index in [0.717, 1.165) is 12.8 Å². The summed E-state index contributed by atoms with van der Waals surface area (Å²) in [7, 11) is 0. The molecule has 0 rings (SSSR count). The molecule has 0 saturated carbocycles. The van der Waals surface area contributed by atoms with Crippen LogP contribution in [0.1, 0.15) is 73.6 Å². The normalized spacial score (nSPS) is 13.7. The van der Waals surface area contributed by atoms with E-state index in [9.17, 15) is 9.59 Å². The van der Waals surface area contributed by atoms with Gasteiger partial charge in [-0.3, -0.25) is 9.59 Å². The molecule has 0 saturated heterocycles.